The fourth-order valence-corrected chi connectivity index (χ4v) is 2.75. The highest BCUT2D eigenvalue weighted by molar-refractivity contribution is 5.34. The van der Waals surface area contributed by atoms with Gasteiger partial charge in [0, 0.05) is 24.5 Å². The van der Waals surface area contributed by atoms with Crippen LogP contribution < -0.4 is 5.32 Å². The summed E-state index contributed by atoms with van der Waals surface area (Å²) in [5.41, 5.74) is 6.23. The van der Waals surface area contributed by atoms with Gasteiger partial charge >= 0.3 is 0 Å². The number of aromatic nitrogens is 2. The average Bonchev–Trinajstić information content (AvgIpc) is 2.91. The second kappa shape index (κ2) is 5.53. The molecule has 0 aliphatic heterocycles. The van der Waals surface area contributed by atoms with Crippen LogP contribution in [0.3, 0.4) is 0 Å². The zero-order valence-corrected chi connectivity index (χ0v) is 11.3. The normalized spacial score (nSPS) is 14.4. The van der Waals surface area contributed by atoms with E-state index >= 15 is 0 Å². The molecule has 1 aliphatic rings. The van der Waals surface area contributed by atoms with Crippen LogP contribution in [0.25, 0.3) is 0 Å². The van der Waals surface area contributed by atoms with Gasteiger partial charge in [0.2, 0.25) is 0 Å². The molecule has 0 unspecified atom stereocenters. The highest BCUT2D eigenvalue weighted by Crippen LogP contribution is 2.23. The van der Waals surface area contributed by atoms with Gasteiger partial charge in [-0.3, -0.25) is 4.98 Å². The van der Waals surface area contributed by atoms with Crippen molar-refractivity contribution in [2.24, 2.45) is 0 Å². The maximum absolute atomic E-state index is 4.97. The van der Waals surface area contributed by atoms with Crippen molar-refractivity contribution in [1.82, 2.24) is 15.3 Å². The van der Waals surface area contributed by atoms with Crippen LogP contribution in [0, 0.1) is 6.92 Å². The van der Waals surface area contributed by atoms with E-state index < -0.39 is 0 Å². The largest absolute Gasteiger partial charge is 0.451 e. The molecule has 0 radical (unpaired) electrons. The minimum Gasteiger partial charge on any atom is -0.451 e. The quantitative estimate of drug-likeness (QED) is 0.914. The van der Waals surface area contributed by atoms with Crippen LogP contribution in [0.1, 0.15) is 41.1 Å². The summed E-state index contributed by atoms with van der Waals surface area (Å²) in [7, 11) is 0. The number of hydrogen-bond acceptors (Lipinski definition) is 4. The molecule has 0 fully saturated rings. The Morgan fingerprint density at radius 1 is 1.26 bits per heavy atom. The van der Waals surface area contributed by atoms with E-state index in [9.17, 15) is 0 Å². The summed E-state index contributed by atoms with van der Waals surface area (Å²) in [6.45, 7) is 3.70. The van der Waals surface area contributed by atoms with Crippen LogP contribution in [0.15, 0.2) is 23.1 Å². The molecule has 1 aliphatic carbocycles. The Kier molecular flexibility index (Phi) is 3.60. The number of oxazole rings is 1. The second-order valence-corrected chi connectivity index (χ2v) is 5.14. The lowest BCUT2D eigenvalue weighted by molar-refractivity contribution is 0.554. The predicted molar refractivity (Wildman–Crippen MR) is 72.7 cm³/mol. The van der Waals surface area contributed by atoms with Crippen LogP contribution in [-0.4, -0.2) is 9.97 Å². The predicted octanol–water partition coefficient (Wildman–Crippen LogP) is 2.55. The summed E-state index contributed by atoms with van der Waals surface area (Å²) in [6, 6.07) is 2.21. The molecule has 2 aromatic heterocycles. The number of nitrogens with one attached hydrogen (secondary N) is 1. The molecule has 0 amide bonds. The molecule has 2 heterocycles. The molecule has 2 aromatic rings. The van der Waals surface area contributed by atoms with Crippen LogP contribution in [0.2, 0.25) is 0 Å². The molecule has 0 aromatic carbocycles. The smallest absolute Gasteiger partial charge is 0.180 e. The number of aryl methyl sites for hydroxylation is 2. The Bertz CT molecular complexity index is 549. The average molecular weight is 257 g/mol. The van der Waals surface area contributed by atoms with Gasteiger partial charge in [-0.2, -0.15) is 0 Å². The van der Waals surface area contributed by atoms with Crippen molar-refractivity contribution in [3.63, 3.8) is 0 Å². The first kappa shape index (κ1) is 12.4. The Labute approximate surface area is 113 Å². The van der Waals surface area contributed by atoms with Crippen molar-refractivity contribution in [1.29, 1.82) is 0 Å². The summed E-state index contributed by atoms with van der Waals surface area (Å²) >= 11 is 0. The van der Waals surface area contributed by atoms with Crippen molar-refractivity contribution in [3.05, 3.63) is 46.9 Å². The minimum absolute atomic E-state index is 0.743. The van der Waals surface area contributed by atoms with Gasteiger partial charge in [-0.25, -0.2) is 4.98 Å². The van der Waals surface area contributed by atoms with Crippen LogP contribution >= 0.6 is 0 Å². The Morgan fingerprint density at radius 3 is 3.00 bits per heavy atom. The molecule has 0 bridgehead atoms. The molecule has 19 heavy (non-hydrogen) atoms. The lowest BCUT2D eigenvalue weighted by Gasteiger charge is -2.19. The topological polar surface area (TPSA) is 51.0 Å². The molecule has 0 atom stereocenters. The van der Waals surface area contributed by atoms with Gasteiger partial charge in [0.25, 0.3) is 0 Å². The third kappa shape index (κ3) is 2.84. The van der Waals surface area contributed by atoms with Crippen LogP contribution in [0.5, 0.6) is 0 Å². The summed E-state index contributed by atoms with van der Waals surface area (Å²) < 4.78 is 4.97. The lowest BCUT2D eigenvalue weighted by atomic mass is 9.91. The number of nitrogens with zero attached hydrogens (tertiary/aromatic N) is 2. The third-order valence-electron chi connectivity index (χ3n) is 3.63. The van der Waals surface area contributed by atoms with Crippen molar-refractivity contribution in [2.75, 3.05) is 0 Å². The number of hydrogen-bond donors (Lipinski definition) is 1. The van der Waals surface area contributed by atoms with Crippen molar-refractivity contribution in [3.8, 4) is 0 Å². The highest BCUT2D eigenvalue weighted by atomic mass is 16.3. The van der Waals surface area contributed by atoms with Gasteiger partial charge in [0.1, 0.15) is 6.26 Å². The summed E-state index contributed by atoms with van der Waals surface area (Å²) in [5.74, 6) is 0. The maximum Gasteiger partial charge on any atom is 0.180 e. The van der Waals surface area contributed by atoms with Crippen molar-refractivity contribution in [2.45, 2.75) is 45.7 Å². The Hall–Kier alpha value is -1.68. The number of fused-ring (bicyclic) bond motifs is 1. The summed E-state index contributed by atoms with van der Waals surface area (Å²) in [6.07, 6.45) is 8.01. The third-order valence-corrected chi connectivity index (χ3v) is 3.63. The van der Waals surface area contributed by atoms with Gasteiger partial charge in [-0.05, 0) is 49.8 Å². The van der Waals surface area contributed by atoms with E-state index in [0.717, 1.165) is 30.9 Å². The molecular weight excluding hydrogens is 238 g/mol. The first-order chi connectivity index (χ1) is 9.33. The van der Waals surface area contributed by atoms with Gasteiger partial charge < -0.3 is 9.73 Å². The molecule has 0 saturated carbocycles. The monoisotopic (exact) mass is 257 g/mol. The molecule has 4 nitrogen and oxygen atoms in total. The van der Waals surface area contributed by atoms with Crippen LogP contribution in [0.4, 0.5) is 0 Å². The van der Waals surface area contributed by atoms with Gasteiger partial charge in [-0.15, -0.1) is 0 Å². The number of pyridine rings is 1. The maximum atomic E-state index is 4.97. The van der Waals surface area contributed by atoms with Crippen molar-refractivity contribution >= 4 is 0 Å². The van der Waals surface area contributed by atoms with E-state index in [1.54, 1.807) is 6.26 Å². The lowest BCUT2D eigenvalue weighted by Crippen LogP contribution is -2.17. The summed E-state index contributed by atoms with van der Waals surface area (Å²) in [4.78, 5) is 8.79. The van der Waals surface area contributed by atoms with E-state index in [1.165, 1.54) is 42.5 Å². The van der Waals surface area contributed by atoms with E-state index in [4.69, 9.17) is 4.42 Å². The van der Waals surface area contributed by atoms with Gasteiger partial charge in [0.05, 0.1) is 5.69 Å². The van der Waals surface area contributed by atoms with Crippen LogP contribution in [-0.2, 0) is 25.9 Å². The molecular formula is C15H19N3O. The Morgan fingerprint density at radius 2 is 2.16 bits per heavy atom. The second-order valence-electron chi connectivity index (χ2n) is 5.14. The van der Waals surface area contributed by atoms with E-state index in [-0.39, 0.29) is 0 Å². The zero-order chi connectivity index (χ0) is 13.1. The summed E-state index contributed by atoms with van der Waals surface area (Å²) in [5, 5.41) is 3.43. The van der Waals surface area contributed by atoms with E-state index in [1.807, 2.05) is 0 Å². The first-order valence-corrected chi connectivity index (χ1v) is 6.89. The number of rotatable bonds is 4. The molecule has 0 saturated heterocycles. The Balaban J connectivity index is 1.71. The molecule has 0 spiro atoms. The molecule has 100 valence electrons. The fourth-order valence-electron chi connectivity index (χ4n) is 2.75. The zero-order valence-electron chi connectivity index (χ0n) is 11.3. The highest BCUT2D eigenvalue weighted by Gasteiger charge is 2.15. The van der Waals surface area contributed by atoms with Gasteiger partial charge in [-0.1, -0.05) is 0 Å². The molecule has 1 N–H and O–H groups in total. The van der Waals surface area contributed by atoms with Gasteiger partial charge in [0.15, 0.2) is 6.39 Å². The fraction of sp³-hybridized carbons (Fsp3) is 0.467. The van der Waals surface area contributed by atoms with E-state index in [0.29, 0.717) is 0 Å². The SMILES string of the molecule is Cc1cc(CNCc2cocn2)c2c(n1)CCCC2. The molecule has 4 heteroatoms. The van der Waals surface area contributed by atoms with E-state index in [2.05, 4.69) is 28.3 Å². The minimum atomic E-state index is 0.743. The van der Waals surface area contributed by atoms with Crippen molar-refractivity contribution < 1.29 is 4.42 Å². The standard InChI is InChI=1S/C15H19N3O/c1-11-6-12(7-16-8-13-9-19-10-17-13)14-4-2-3-5-15(14)18-11/h6,9-10,16H,2-5,7-8H2,1H3. The first-order valence-electron chi connectivity index (χ1n) is 6.89. The molecule has 3 rings (SSSR count).